The number of aryl methyl sites for hydroxylation is 1. The second-order valence-electron chi connectivity index (χ2n) is 6.91. The molecule has 0 atom stereocenters. The van der Waals surface area contributed by atoms with Crippen LogP contribution in [0.1, 0.15) is 44.1 Å². The van der Waals surface area contributed by atoms with Crippen molar-refractivity contribution in [3.63, 3.8) is 0 Å². The van der Waals surface area contributed by atoms with Crippen LogP contribution in [0.4, 0.5) is 5.69 Å². The van der Waals surface area contributed by atoms with E-state index in [1.807, 2.05) is 11.0 Å². The van der Waals surface area contributed by atoms with E-state index < -0.39 is 5.54 Å². The Balaban J connectivity index is 1.84. The molecule has 1 aliphatic carbocycles. The molecule has 1 heterocycles. The van der Waals surface area contributed by atoms with Gasteiger partial charge in [0.2, 0.25) is 5.91 Å². The Hall–Kier alpha value is -1.55. The fraction of sp³-hybridized carbons (Fsp3) is 0.611. The summed E-state index contributed by atoms with van der Waals surface area (Å²) < 4.78 is 0. The maximum Gasteiger partial charge on any atom is 0.248 e. The van der Waals surface area contributed by atoms with Gasteiger partial charge in [-0.2, -0.15) is 0 Å². The van der Waals surface area contributed by atoms with Crippen LogP contribution in [-0.4, -0.2) is 35.5 Å². The SMILES string of the molecule is Cc1cccc(NC2(C(=O)N3CCCC3)CCC(N)CC2)c1. The summed E-state index contributed by atoms with van der Waals surface area (Å²) in [6.07, 6.45) is 5.75. The molecule has 3 N–H and O–H groups in total. The number of amides is 1. The number of benzene rings is 1. The molecule has 22 heavy (non-hydrogen) atoms. The van der Waals surface area contributed by atoms with Gasteiger partial charge in [-0.1, -0.05) is 12.1 Å². The van der Waals surface area contributed by atoms with E-state index in [0.29, 0.717) is 0 Å². The van der Waals surface area contributed by atoms with E-state index in [-0.39, 0.29) is 11.9 Å². The largest absolute Gasteiger partial charge is 0.371 e. The summed E-state index contributed by atoms with van der Waals surface area (Å²) in [6, 6.07) is 8.53. The average Bonchev–Trinajstić information content (AvgIpc) is 3.03. The Bertz CT molecular complexity index is 529. The van der Waals surface area contributed by atoms with Gasteiger partial charge in [0.25, 0.3) is 0 Å². The van der Waals surface area contributed by atoms with Crippen molar-refractivity contribution in [2.75, 3.05) is 18.4 Å². The van der Waals surface area contributed by atoms with Gasteiger partial charge in [0, 0.05) is 24.8 Å². The van der Waals surface area contributed by atoms with Crippen molar-refractivity contribution >= 4 is 11.6 Å². The number of likely N-dealkylation sites (tertiary alicyclic amines) is 1. The van der Waals surface area contributed by atoms with Crippen LogP contribution in [0, 0.1) is 6.92 Å². The lowest BCUT2D eigenvalue weighted by Crippen LogP contribution is -2.56. The number of rotatable bonds is 3. The fourth-order valence-corrected chi connectivity index (χ4v) is 3.75. The molecule has 0 radical (unpaired) electrons. The van der Waals surface area contributed by atoms with Gasteiger partial charge < -0.3 is 16.0 Å². The molecule has 0 unspecified atom stereocenters. The van der Waals surface area contributed by atoms with Gasteiger partial charge in [-0.05, 0) is 63.1 Å². The number of carbonyl (C=O) groups is 1. The summed E-state index contributed by atoms with van der Waals surface area (Å²) in [7, 11) is 0. The predicted molar refractivity (Wildman–Crippen MR) is 89.8 cm³/mol. The van der Waals surface area contributed by atoms with E-state index in [9.17, 15) is 4.79 Å². The van der Waals surface area contributed by atoms with Crippen LogP contribution in [0.3, 0.4) is 0 Å². The molecule has 1 amide bonds. The smallest absolute Gasteiger partial charge is 0.248 e. The first kappa shape index (κ1) is 15.3. The fourth-order valence-electron chi connectivity index (χ4n) is 3.75. The molecule has 0 spiro atoms. The standard InChI is InChI=1S/C18H27N3O/c1-14-5-4-6-16(13-14)20-18(9-7-15(19)8-10-18)17(22)21-11-2-3-12-21/h4-6,13,15,20H,2-3,7-12,19H2,1H3. The van der Waals surface area contributed by atoms with Crippen molar-refractivity contribution in [2.45, 2.75) is 57.0 Å². The van der Waals surface area contributed by atoms with E-state index in [0.717, 1.165) is 57.3 Å². The lowest BCUT2D eigenvalue weighted by molar-refractivity contribution is -0.136. The minimum Gasteiger partial charge on any atom is -0.371 e. The molecule has 1 aliphatic heterocycles. The van der Waals surface area contributed by atoms with Gasteiger partial charge in [-0.25, -0.2) is 0 Å². The van der Waals surface area contributed by atoms with Gasteiger partial charge in [-0.15, -0.1) is 0 Å². The van der Waals surface area contributed by atoms with E-state index in [1.165, 1.54) is 5.56 Å². The molecule has 4 nitrogen and oxygen atoms in total. The summed E-state index contributed by atoms with van der Waals surface area (Å²) >= 11 is 0. The molecule has 1 aromatic rings. The van der Waals surface area contributed by atoms with Gasteiger partial charge in [0.1, 0.15) is 5.54 Å². The molecule has 4 heteroatoms. The highest BCUT2D eigenvalue weighted by atomic mass is 16.2. The number of hydrogen-bond acceptors (Lipinski definition) is 3. The molecule has 2 aliphatic rings. The molecule has 120 valence electrons. The van der Waals surface area contributed by atoms with E-state index in [1.54, 1.807) is 0 Å². The molecule has 0 aromatic heterocycles. The van der Waals surface area contributed by atoms with Crippen LogP contribution in [0.15, 0.2) is 24.3 Å². The summed E-state index contributed by atoms with van der Waals surface area (Å²) in [5.74, 6) is 0.276. The van der Waals surface area contributed by atoms with Crippen molar-refractivity contribution in [1.29, 1.82) is 0 Å². The zero-order valence-electron chi connectivity index (χ0n) is 13.5. The lowest BCUT2D eigenvalue weighted by atomic mass is 9.78. The average molecular weight is 301 g/mol. The third kappa shape index (κ3) is 3.12. The third-order valence-corrected chi connectivity index (χ3v) is 5.09. The monoisotopic (exact) mass is 301 g/mol. The molecule has 3 rings (SSSR count). The highest BCUT2D eigenvalue weighted by Gasteiger charge is 2.44. The van der Waals surface area contributed by atoms with Crippen molar-refractivity contribution in [3.05, 3.63) is 29.8 Å². The summed E-state index contributed by atoms with van der Waals surface area (Å²) in [5, 5.41) is 3.59. The van der Waals surface area contributed by atoms with Gasteiger partial charge in [-0.3, -0.25) is 4.79 Å². The second kappa shape index (κ2) is 6.29. The highest BCUT2D eigenvalue weighted by molar-refractivity contribution is 5.90. The Morgan fingerprint density at radius 3 is 2.59 bits per heavy atom. The van der Waals surface area contributed by atoms with Gasteiger partial charge in [0.05, 0.1) is 0 Å². The van der Waals surface area contributed by atoms with Crippen molar-refractivity contribution in [2.24, 2.45) is 5.73 Å². The minimum absolute atomic E-state index is 0.235. The quantitative estimate of drug-likeness (QED) is 0.902. The van der Waals surface area contributed by atoms with Gasteiger partial charge in [0.15, 0.2) is 0 Å². The van der Waals surface area contributed by atoms with Crippen LogP contribution >= 0.6 is 0 Å². The van der Waals surface area contributed by atoms with Crippen molar-refractivity contribution in [1.82, 2.24) is 4.90 Å². The van der Waals surface area contributed by atoms with Crippen molar-refractivity contribution < 1.29 is 4.79 Å². The van der Waals surface area contributed by atoms with Crippen LogP contribution < -0.4 is 11.1 Å². The Kier molecular flexibility index (Phi) is 4.39. The van der Waals surface area contributed by atoms with Crippen LogP contribution in [-0.2, 0) is 4.79 Å². The summed E-state index contributed by atoms with van der Waals surface area (Å²) in [5.41, 5.74) is 7.86. The summed E-state index contributed by atoms with van der Waals surface area (Å²) in [6.45, 7) is 3.89. The first-order chi connectivity index (χ1) is 10.6. The first-order valence-corrected chi connectivity index (χ1v) is 8.49. The van der Waals surface area contributed by atoms with E-state index in [4.69, 9.17) is 5.73 Å². The minimum atomic E-state index is -0.464. The maximum atomic E-state index is 13.1. The lowest BCUT2D eigenvalue weighted by Gasteiger charge is -2.41. The maximum absolute atomic E-state index is 13.1. The number of nitrogens with one attached hydrogen (secondary N) is 1. The zero-order valence-corrected chi connectivity index (χ0v) is 13.5. The Labute approximate surface area is 133 Å². The summed E-state index contributed by atoms with van der Waals surface area (Å²) in [4.78, 5) is 15.2. The molecule has 1 saturated heterocycles. The number of nitrogens with two attached hydrogens (primary N) is 1. The molecular weight excluding hydrogens is 274 g/mol. The van der Waals surface area contributed by atoms with Crippen LogP contribution in [0.5, 0.6) is 0 Å². The number of nitrogens with zero attached hydrogens (tertiary/aromatic N) is 1. The molecule has 0 bridgehead atoms. The van der Waals surface area contributed by atoms with Crippen molar-refractivity contribution in [3.8, 4) is 0 Å². The van der Waals surface area contributed by atoms with Crippen LogP contribution in [0.25, 0.3) is 0 Å². The van der Waals surface area contributed by atoms with Gasteiger partial charge >= 0.3 is 0 Å². The first-order valence-electron chi connectivity index (χ1n) is 8.49. The highest BCUT2D eigenvalue weighted by Crippen LogP contribution is 2.34. The topological polar surface area (TPSA) is 58.4 Å². The Morgan fingerprint density at radius 2 is 1.95 bits per heavy atom. The number of anilines is 1. The second-order valence-corrected chi connectivity index (χ2v) is 6.91. The third-order valence-electron chi connectivity index (χ3n) is 5.09. The molecule has 1 saturated carbocycles. The number of carbonyl (C=O) groups excluding carboxylic acids is 1. The molecule has 1 aromatic carbocycles. The number of hydrogen-bond donors (Lipinski definition) is 2. The molecule has 2 fully saturated rings. The normalized spacial score (nSPS) is 28.6. The van der Waals surface area contributed by atoms with E-state index >= 15 is 0 Å². The predicted octanol–water partition coefficient (Wildman–Crippen LogP) is 2.67. The Morgan fingerprint density at radius 1 is 1.27 bits per heavy atom. The molecular formula is C18H27N3O. The zero-order chi connectivity index (χ0) is 15.6. The van der Waals surface area contributed by atoms with Crippen LogP contribution in [0.2, 0.25) is 0 Å². The van der Waals surface area contributed by atoms with E-state index in [2.05, 4.69) is 30.4 Å².